The molecule has 120 valence electrons. The number of ether oxygens (including phenoxy) is 1. The molecule has 1 aromatic carbocycles. The zero-order chi connectivity index (χ0) is 16.7. The molecule has 0 aliphatic carbocycles. The number of benzene rings is 1. The van der Waals surface area contributed by atoms with Crippen molar-refractivity contribution in [1.29, 1.82) is 0 Å². The highest BCUT2D eigenvalue weighted by Gasteiger charge is 2.55. The summed E-state index contributed by atoms with van der Waals surface area (Å²) in [6, 6.07) is 3.49. The predicted molar refractivity (Wildman–Crippen MR) is 83.4 cm³/mol. The largest absolute Gasteiger partial charge is 0.461 e. The number of carbonyl (C=O) groups excluding carboxylic acids is 3. The van der Waals surface area contributed by atoms with E-state index in [0.29, 0.717) is 5.02 Å². The van der Waals surface area contributed by atoms with Crippen LogP contribution in [0.2, 0.25) is 10.0 Å². The van der Waals surface area contributed by atoms with Gasteiger partial charge in [-0.3, -0.25) is 15.0 Å². The average Bonchev–Trinajstić information content (AvgIpc) is 3.04. The van der Waals surface area contributed by atoms with Gasteiger partial charge < -0.3 is 4.74 Å². The zero-order valence-corrected chi connectivity index (χ0v) is 13.4. The van der Waals surface area contributed by atoms with Gasteiger partial charge in [0, 0.05) is 0 Å². The Morgan fingerprint density at radius 3 is 2.70 bits per heavy atom. The summed E-state index contributed by atoms with van der Waals surface area (Å²) in [7, 11) is 0. The second kappa shape index (κ2) is 5.82. The summed E-state index contributed by atoms with van der Waals surface area (Å²) >= 11 is 11.8. The first-order valence-corrected chi connectivity index (χ1v) is 7.54. The molecule has 0 bridgehead atoms. The van der Waals surface area contributed by atoms with Crippen molar-refractivity contribution in [1.82, 2.24) is 5.43 Å². The van der Waals surface area contributed by atoms with Crippen molar-refractivity contribution < 1.29 is 19.1 Å². The molecule has 3 rings (SSSR count). The number of nitrogens with zero attached hydrogens (tertiary/aromatic N) is 2. The second-order valence-corrected chi connectivity index (χ2v) is 5.73. The minimum atomic E-state index is -1.00. The lowest BCUT2D eigenvalue weighted by atomic mass is 9.99. The first-order chi connectivity index (χ1) is 11.0. The van der Waals surface area contributed by atoms with Gasteiger partial charge in [-0.1, -0.05) is 23.2 Å². The number of imide groups is 1. The Labute approximate surface area is 141 Å². The lowest BCUT2D eigenvalue weighted by Crippen LogP contribution is -2.36. The molecule has 1 saturated heterocycles. The van der Waals surface area contributed by atoms with Gasteiger partial charge in [-0.25, -0.2) is 9.69 Å². The highest BCUT2D eigenvalue weighted by Crippen LogP contribution is 2.34. The average molecular weight is 356 g/mol. The number of amides is 2. The molecule has 1 aromatic rings. The third-order valence-electron chi connectivity index (χ3n) is 3.57. The number of rotatable bonds is 3. The number of nitrogens with one attached hydrogen (secondary N) is 1. The summed E-state index contributed by atoms with van der Waals surface area (Å²) in [5, 5.41) is 4.30. The molecule has 2 amide bonds. The number of fused-ring (bicyclic) bond motifs is 1. The van der Waals surface area contributed by atoms with Crippen LogP contribution < -0.4 is 10.3 Å². The number of hydrazone groups is 1. The maximum Gasteiger partial charge on any atom is 0.355 e. The van der Waals surface area contributed by atoms with Crippen molar-refractivity contribution in [3.63, 3.8) is 0 Å². The van der Waals surface area contributed by atoms with Crippen molar-refractivity contribution in [2.45, 2.75) is 13.0 Å². The summed E-state index contributed by atoms with van der Waals surface area (Å²) < 4.78 is 4.86. The topological polar surface area (TPSA) is 88.1 Å². The summed E-state index contributed by atoms with van der Waals surface area (Å²) in [4.78, 5) is 37.9. The fraction of sp³-hybridized carbons (Fsp3) is 0.286. The Bertz CT molecular complexity index is 750. The third-order valence-corrected chi connectivity index (χ3v) is 4.31. The van der Waals surface area contributed by atoms with Crippen molar-refractivity contribution in [2.75, 3.05) is 11.5 Å². The van der Waals surface area contributed by atoms with E-state index >= 15 is 0 Å². The first kappa shape index (κ1) is 15.8. The van der Waals surface area contributed by atoms with Crippen molar-refractivity contribution in [3.05, 3.63) is 28.2 Å². The standard InChI is InChI=1S/C14H11Cl2N3O4/c1-2-23-14(22)11-9-10(17-18-11)13(21)19(12(9)20)6-3-4-7(15)8(16)5-6/h3-5,9-10,17H,2H2,1H3/t9-,10-/m1/s1. The van der Waals surface area contributed by atoms with Gasteiger partial charge in [0.05, 0.1) is 22.3 Å². The quantitative estimate of drug-likeness (QED) is 0.653. The van der Waals surface area contributed by atoms with Crippen molar-refractivity contribution in [2.24, 2.45) is 11.0 Å². The molecule has 2 heterocycles. The van der Waals surface area contributed by atoms with Crippen molar-refractivity contribution in [3.8, 4) is 0 Å². The third kappa shape index (κ3) is 2.46. The Hall–Kier alpha value is -2.12. The van der Waals surface area contributed by atoms with E-state index in [2.05, 4.69) is 10.5 Å². The Kier molecular flexibility index (Phi) is 3.99. The van der Waals surface area contributed by atoms with Gasteiger partial charge in [-0.15, -0.1) is 0 Å². The number of anilines is 1. The predicted octanol–water partition coefficient (Wildman–Crippen LogP) is 1.37. The van der Waals surface area contributed by atoms with Gasteiger partial charge in [-0.05, 0) is 25.1 Å². The van der Waals surface area contributed by atoms with Gasteiger partial charge in [0.1, 0.15) is 12.0 Å². The van der Waals surface area contributed by atoms with E-state index in [9.17, 15) is 14.4 Å². The zero-order valence-electron chi connectivity index (χ0n) is 11.9. The number of esters is 1. The second-order valence-electron chi connectivity index (χ2n) is 4.91. The molecule has 0 spiro atoms. The van der Waals surface area contributed by atoms with E-state index in [1.807, 2.05) is 0 Å². The van der Waals surface area contributed by atoms with Crippen LogP contribution in [-0.4, -0.2) is 36.1 Å². The highest BCUT2D eigenvalue weighted by molar-refractivity contribution is 6.47. The summed E-state index contributed by atoms with van der Waals surface area (Å²) in [5.41, 5.74) is 2.72. The Morgan fingerprint density at radius 2 is 2.04 bits per heavy atom. The maximum atomic E-state index is 12.6. The molecule has 0 saturated carbocycles. The van der Waals surface area contributed by atoms with Gasteiger partial charge >= 0.3 is 5.97 Å². The minimum Gasteiger partial charge on any atom is -0.461 e. The number of hydrogen-bond donors (Lipinski definition) is 1. The molecule has 2 aliphatic heterocycles. The first-order valence-electron chi connectivity index (χ1n) is 6.78. The number of carbonyl (C=O) groups is 3. The summed E-state index contributed by atoms with van der Waals surface area (Å²) in [6.07, 6.45) is 0. The molecule has 0 radical (unpaired) electrons. The van der Waals surface area contributed by atoms with E-state index in [1.54, 1.807) is 6.92 Å². The molecule has 2 aliphatic rings. The van der Waals surface area contributed by atoms with Crippen LogP contribution >= 0.6 is 23.2 Å². The van der Waals surface area contributed by atoms with Crippen LogP contribution in [0.15, 0.2) is 23.3 Å². The molecule has 1 N–H and O–H groups in total. The monoisotopic (exact) mass is 355 g/mol. The molecule has 9 heteroatoms. The Morgan fingerprint density at radius 1 is 1.30 bits per heavy atom. The lowest BCUT2D eigenvalue weighted by Gasteiger charge is -2.16. The SMILES string of the molecule is CCOC(=O)C1=NN[C@H]2C(=O)N(c3ccc(Cl)c(Cl)c3)C(=O)[C@@H]12. The summed E-state index contributed by atoms with van der Waals surface area (Å²) in [6.45, 7) is 1.79. The van der Waals surface area contributed by atoms with Crippen LogP contribution in [0.3, 0.4) is 0 Å². The van der Waals surface area contributed by atoms with Gasteiger partial charge in [0.25, 0.3) is 5.91 Å². The molecule has 2 atom stereocenters. The maximum absolute atomic E-state index is 12.6. The molecule has 0 aromatic heterocycles. The van der Waals surface area contributed by atoms with E-state index in [0.717, 1.165) is 4.90 Å². The smallest absolute Gasteiger partial charge is 0.355 e. The van der Waals surface area contributed by atoms with Crippen LogP contribution in [0.5, 0.6) is 0 Å². The van der Waals surface area contributed by atoms with Gasteiger partial charge in [0.15, 0.2) is 5.71 Å². The summed E-state index contributed by atoms with van der Waals surface area (Å²) in [5.74, 6) is -2.79. The fourth-order valence-electron chi connectivity index (χ4n) is 2.54. The molecule has 7 nitrogen and oxygen atoms in total. The van der Waals surface area contributed by atoms with Crippen molar-refractivity contribution >= 4 is 52.4 Å². The van der Waals surface area contributed by atoms with Crippen LogP contribution in [0, 0.1) is 5.92 Å². The molecule has 1 fully saturated rings. The normalized spacial score (nSPS) is 22.7. The fourth-order valence-corrected chi connectivity index (χ4v) is 2.83. The van der Waals surface area contributed by atoms with Gasteiger partial charge in [0.2, 0.25) is 5.91 Å². The van der Waals surface area contributed by atoms with Crippen LogP contribution in [-0.2, 0) is 19.1 Å². The van der Waals surface area contributed by atoms with Crippen LogP contribution in [0.25, 0.3) is 0 Å². The minimum absolute atomic E-state index is 0.0993. The number of hydrogen-bond acceptors (Lipinski definition) is 6. The van der Waals surface area contributed by atoms with Gasteiger partial charge in [-0.2, -0.15) is 5.10 Å². The highest BCUT2D eigenvalue weighted by atomic mass is 35.5. The van der Waals surface area contributed by atoms with E-state index in [-0.39, 0.29) is 23.0 Å². The van der Waals surface area contributed by atoms with E-state index < -0.39 is 29.7 Å². The lowest BCUT2D eigenvalue weighted by molar-refractivity contribution is -0.136. The number of halogens is 2. The van der Waals surface area contributed by atoms with E-state index in [4.69, 9.17) is 27.9 Å². The van der Waals surface area contributed by atoms with E-state index in [1.165, 1.54) is 18.2 Å². The van der Waals surface area contributed by atoms with Crippen LogP contribution in [0.4, 0.5) is 5.69 Å². The molecule has 0 unspecified atom stereocenters. The van der Waals surface area contributed by atoms with Crippen LogP contribution in [0.1, 0.15) is 6.92 Å². The molecular weight excluding hydrogens is 345 g/mol. The molecular formula is C14H11Cl2N3O4. The Balaban J connectivity index is 1.93. The molecule has 23 heavy (non-hydrogen) atoms.